The van der Waals surface area contributed by atoms with E-state index in [0.717, 1.165) is 23.0 Å². The summed E-state index contributed by atoms with van der Waals surface area (Å²) in [6.45, 7) is 0.720. The van der Waals surface area contributed by atoms with Crippen molar-refractivity contribution in [1.29, 1.82) is 0 Å². The highest BCUT2D eigenvalue weighted by atomic mass is 16.1. The van der Waals surface area contributed by atoms with Gasteiger partial charge in [-0.1, -0.05) is 18.2 Å². The molecule has 0 aliphatic rings. The Bertz CT molecular complexity index is 726. The Labute approximate surface area is 104 Å². The molecule has 88 valence electrons. The smallest absolute Gasteiger partial charge is 0.181 e. The second kappa shape index (κ2) is 4.45. The van der Waals surface area contributed by atoms with Gasteiger partial charge in [0.05, 0.1) is 5.52 Å². The van der Waals surface area contributed by atoms with Crippen molar-refractivity contribution in [3.63, 3.8) is 0 Å². The Hall–Kier alpha value is -2.42. The summed E-state index contributed by atoms with van der Waals surface area (Å²) in [4.78, 5) is 15.4. The van der Waals surface area contributed by atoms with Gasteiger partial charge >= 0.3 is 0 Å². The first-order valence-electron chi connectivity index (χ1n) is 5.81. The van der Waals surface area contributed by atoms with Crippen LogP contribution in [0.1, 0.15) is 5.56 Å². The summed E-state index contributed by atoms with van der Waals surface area (Å²) in [6, 6.07) is 13.3. The SMILES string of the molecule is O=c1ccn(Cc2cnc3ccccc3c2)cc1. The van der Waals surface area contributed by atoms with E-state index in [0.29, 0.717) is 0 Å². The molecule has 18 heavy (non-hydrogen) atoms. The van der Waals surface area contributed by atoms with E-state index >= 15 is 0 Å². The summed E-state index contributed by atoms with van der Waals surface area (Å²) in [7, 11) is 0. The molecule has 3 rings (SSSR count). The lowest BCUT2D eigenvalue weighted by Gasteiger charge is -2.06. The van der Waals surface area contributed by atoms with Gasteiger partial charge in [-0.25, -0.2) is 0 Å². The van der Waals surface area contributed by atoms with Crippen LogP contribution in [0.25, 0.3) is 10.9 Å². The Balaban J connectivity index is 1.95. The summed E-state index contributed by atoms with van der Waals surface area (Å²) in [5.74, 6) is 0. The summed E-state index contributed by atoms with van der Waals surface area (Å²) >= 11 is 0. The van der Waals surface area contributed by atoms with Gasteiger partial charge < -0.3 is 4.57 Å². The fraction of sp³-hybridized carbons (Fsp3) is 0.0667. The number of para-hydroxylation sites is 1. The second-order valence-electron chi connectivity index (χ2n) is 4.24. The Morgan fingerprint density at radius 1 is 1.06 bits per heavy atom. The van der Waals surface area contributed by atoms with Crippen molar-refractivity contribution in [2.24, 2.45) is 0 Å². The second-order valence-corrected chi connectivity index (χ2v) is 4.24. The minimum atomic E-state index is 0.0305. The van der Waals surface area contributed by atoms with Gasteiger partial charge in [0.2, 0.25) is 0 Å². The van der Waals surface area contributed by atoms with E-state index in [9.17, 15) is 4.79 Å². The van der Waals surface area contributed by atoms with E-state index in [4.69, 9.17) is 0 Å². The van der Waals surface area contributed by atoms with Crippen LogP contribution in [0.3, 0.4) is 0 Å². The van der Waals surface area contributed by atoms with Crippen LogP contribution in [0.5, 0.6) is 0 Å². The molecule has 0 spiro atoms. The van der Waals surface area contributed by atoms with Crippen LogP contribution < -0.4 is 5.43 Å². The van der Waals surface area contributed by atoms with Crippen LogP contribution in [0.4, 0.5) is 0 Å². The number of benzene rings is 1. The number of pyridine rings is 2. The maximum absolute atomic E-state index is 11.0. The van der Waals surface area contributed by atoms with E-state index < -0.39 is 0 Å². The third-order valence-electron chi connectivity index (χ3n) is 2.87. The fourth-order valence-electron chi connectivity index (χ4n) is 1.96. The first-order valence-corrected chi connectivity index (χ1v) is 5.81. The van der Waals surface area contributed by atoms with Crippen molar-refractivity contribution in [3.8, 4) is 0 Å². The Morgan fingerprint density at radius 2 is 1.83 bits per heavy atom. The molecule has 0 fully saturated rings. The number of aromatic nitrogens is 2. The summed E-state index contributed by atoms with van der Waals surface area (Å²) in [5, 5.41) is 1.14. The molecule has 2 heterocycles. The zero-order valence-corrected chi connectivity index (χ0v) is 9.78. The van der Waals surface area contributed by atoms with E-state index in [-0.39, 0.29) is 5.43 Å². The van der Waals surface area contributed by atoms with Crippen LogP contribution in [-0.2, 0) is 6.54 Å². The number of rotatable bonds is 2. The van der Waals surface area contributed by atoms with E-state index in [2.05, 4.69) is 17.1 Å². The van der Waals surface area contributed by atoms with Crippen LogP contribution >= 0.6 is 0 Å². The Kier molecular flexibility index (Phi) is 2.65. The molecule has 3 nitrogen and oxygen atoms in total. The van der Waals surface area contributed by atoms with Gasteiger partial charge in [-0.05, 0) is 17.7 Å². The molecular weight excluding hydrogens is 224 g/mol. The largest absolute Gasteiger partial charge is 0.350 e. The fourth-order valence-corrected chi connectivity index (χ4v) is 1.96. The third kappa shape index (κ3) is 2.15. The standard InChI is InChI=1S/C15H12N2O/c18-14-5-7-17(8-6-14)11-12-9-13-3-1-2-4-15(13)16-10-12/h1-10H,11H2. The van der Waals surface area contributed by atoms with Gasteiger partial charge in [-0.15, -0.1) is 0 Å². The molecule has 0 aliphatic carbocycles. The lowest BCUT2D eigenvalue weighted by molar-refractivity contribution is 0.787. The predicted molar refractivity (Wildman–Crippen MR) is 71.5 cm³/mol. The molecule has 0 radical (unpaired) electrons. The van der Waals surface area contributed by atoms with Crippen molar-refractivity contribution < 1.29 is 0 Å². The molecule has 0 saturated carbocycles. The van der Waals surface area contributed by atoms with Gasteiger partial charge in [0, 0.05) is 42.7 Å². The zero-order valence-electron chi connectivity index (χ0n) is 9.78. The molecule has 0 atom stereocenters. The van der Waals surface area contributed by atoms with Crippen LogP contribution in [0.15, 0.2) is 65.8 Å². The van der Waals surface area contributed by atoms with Crippen LogP contribution in [0, 0.1) is 0 Å². The average molecular weight is 236 g/mol. The average Bonchev–Trinajstić information content (AvgIpc) is 2.41. The van der Waals surface area contributed by atoms with E-state index in [1.54, 1.807) is 24.5 Å². The van der Waals surface area contributed by atoms with Crippen LogP contribution in [-0.4, -0.2) is 9.55 Å². The van der Waals surface area contributed by atoms with E-state index in [1.165, 1.54) is 0 Å². The van der Waals surface area contributed by atoms with Gasteiger partial charge in [0.1, 0.15) is 0 Å². The van der Waals surface area contributed by atoms with Crippen molar-refractivity contribution >= 4 is 10.9 Å². The number of nitrogens with zero attached hydrogens (tertiary/aromatic N) is 2. The Morgan fingerprint density at radius 3 is 2.67 bits per heavy atom. The number of hydrogen-bond acceptors (Lipinski definition) is 2. The van der Waals surface area contributed by atoms with Gasteiger partial charge in [0.15, 0.2) is 5.43 Å². The molecule has 0 N–H and O–H groups in total. The third-order valence-corrected chi connectivity index (χ3v) is 2.87. The van der Waals surface area contributed by atoms with Crippen LogP contribution in [0.2, 0.25) is 0 Å². The molecule has 0 amide bonds. The summed E-state index contributed by atoms with van der Waals surface area (Å²) in [5.41, 5.74) is 2.15. The molecule has 3 aromatic rings. The molecular formula is C15H12N2O. The zero-order chi connectivity index (χ0) is 12.4. The first-order chi connectivity index (χ1) is 8.81. The van der Waals surface area contributed by atoms with Crippen molar-refractivity contribution in [3.05, 3.63) is 76.8 Å². The molecule has 0 bridgehead atoms. The normalized spacial score (nSPS) is 10.7. The molecule has 2 aromatic heterocycles. The quantitative estimate of drug-likeness (QED) is 0.685. The number of fused-ring (bicyclic) bond motifs is 1. The summed E-state index contributed by atoms with van der Waals surface area (Å²) < 4.78 is 1.97. The van der Waals surface area contributed by atoms with Gasteiger partial charge in [-0.2, -0.15) is 0 Å². The minimum Gasteiger partial charge on any atom is -0.350 e. The van der Waals surface area contributed by atoms with E-state index in [1.807, 2.05) is 29.0 Å². The monoisotopic (exact) mass is 236 g/mol. The maximum Gasteiger partial charge on any atom is 0.181 e. The highest BCUT2D eigenvalue weighted by Gasteiger charge is 1.98. The molecule has 1 aromatic carbocycles. The first kappa shape index (κ1) is 10.7. The molecule has 3 heteroatoms. The highest BCUT2D eigenvalue weighted by Crippen LogP contribution is 2.13. The molecule has 0 aliphatic heterocycles. The topological polar surface area (TPSA) is 34.9 Å². The molecule has 0 unspecified atom stereocenters. The maximum atomic E-state index is 11.0. The van der Waals surface area contributed by atoms with Gasteiger partial charge in [0.25, 0.3) is 0 Å². The highest BCUT2D eigenvalue weighted by molar-refractivity contribution is 5.78. The van der Waals surface area contributed by atoms with Crippen molar-refractivity contribution in [2.75, 3.05) is 0 Å². The van der Waals surface area contributed by atoms with Crippen molar-refractivity contribution in [1.82, 2.24) is 9.55 Å². The number of hydrogen-bond donors (Lipinski definition) is 0. The van der Waals surface area contributed by atoms with Gasteiger partial charge in [-0.3, -0.25) is 9.78 Å². The lowest BCUT2D eigenvalue weighted by atomic mass is 10.1. The lowest BCUT2D eigenvalue weighted by Crippen LogP contribution is -2.04. The minimum absolute atomic E-state index is 0.0305. The summed E-state index contributed by atoms with van der Waals surface area (Å²) in [6.07, 6.45) is 5.45. The molecule has 0 saturated heterocycles. The van der Waals surface area contributed by atoms with Crippen molar-refractivity contribution in [2.45, 2.75) is 6.54 Å². The predicted octanol–water partition coefficient (Wildman–Crippen LogP) is 2.44.